The first-order valence-corrected chi connectivity index (χ1v) is 10.9. The number of hydrogen-bond donors (Lipinski definition) is 3. The molecule has 0 aromatic heterocycles. The summed E-state index contributed by atoms with van der Waals surface area (Å²) in [6.07, 6.45) is 0.132. The number of hydrogen-bond acceptors (Lipinski definition) is 6. The molecule has 1 fully saturated rings. The van der Waals surface area contributed by atoms with Crippen molar-refractivity contribution in [2.45, 2.75) is 25.4 Å². The van der Waals surface area contributed by atoms with E-state index in [1.807, 2.05) is 30.3 Å². The van der Waals surface area contributed by atoms with Crippen molar-refractivity contribution in [3.8, 4) is 0 Å². The van der Waals surface area contributed by atoms with Gasteiger partial charge in [0, 0.05) is 44.0 Å². The standard InChI is InChI=1S/C25H23F3N4O4/c1-3-20-30(2)25(36)21-23(34)22(33)17(13-32(21)31(20)12-14-7-5-4-6-8-14)24(35)29-11-16-18(27)9-15(26)10-19(16)28/h3-10,13,20,22,33-34H,1,11-12H2,2H3,(H,29,35)/t20-,22?/m0/s1. The molecule has 2 aromatic carbocycles. The molecule has 2 aliphatic heterocycles. The predicted octanol–water partition coefficient (Wildman–Crippen LogP) is 2.45. The zero-order valence-electron chi connectivity index (χ0n) is 19.2. The first-order valence-electron chi connectivity index (χ1n) is 10.9. The van der Waals surface area contributed by atoms with Crippen LogP contribution in [0.1, 0.15) is 11.1 Å². The van der Waals surface area contributed by atoms with E-state index in [0.29, 0.717) is 12.1 Å². The number of benzene rings is 2. The third-order valence-corrected chi connectivity index (χ3v) is 5.98. The number of carbonyl (C=O) groups is 2. The summed E-state index contributed by atoms with van der Waals surface area (Å²) in [7, 11) is 1.51. The number of hydrazine groups is 1. The maximum absolute atomic E-state index is 14.0. The molecule has 2 amide bonds. The summed E-state index contributed by atoms with van der Waals surface area (Å²) in [6.45, 7) is 3.37. The van der Waals surface area contributed by atoms with Crippen molar-refractivity contribution in [3.63, 3.8) is 0 Å². The van der Waals surface area contributed by atoms with Crippen molar-refractivity contribution in [2.75, 3.05) is 7.05 Å². The fraction of sp³-hybridized carbons (Fsp3) is 0.200. The molecular formula is C25H23F3N4O4. The number of nitrogens with zero attached hydrogens (tertiary/aromatic N) is 3. The Labute approximate surface area is 204 Å². The highest BCUT2D eigenvalue weighted by atomic mass is 19.1. The number of fused-ring (bicyclic) bond motifs is 1. The lowest BCUT2D eigenvalue weighted by Crippen LogP contribution is -2.62. The van der Waals surface area contributed by atoms with Crippen LogP contribution in [0.4, 0.5) is 13.2 Å². The number of amides is 2. The fourth-order valence-corrected chi connectivity index (χ4v) is 4.10. The molecule has 1 unspecified atom stereocenters. The molecule has 36 heavy (non-hydrogen) atoms. The van der Waals surface area contributed by atoms with Gasteiger partial charge in [-0.1, -0.05) is 43.0 Å². The van der Waals surface area contributed by atoms with Gasteiger partial charge in [0.1, 0.15) is 29.7 Å². The van der Waals surface area contributed by atoms with Crippen molar-refractivity contribution >= 4 is 11.8 Å². The van der Waals surface area contributed by atoms with E-state index in [4.69, 9.17) is 0 Å². The SMILES string of the molecule is C=C[C@H]1N(C)C(=O)C2=C(O)C(O)C(C(=O)NCc3c(F)cc(F)cc3F)=CN2N1Cc1ccccc1. The lowest BCUT2D eigenvalue weighted by molar-refractivity contribution is -0.153. The predicted molar refractivity (Wildman–Crippen MR) is 122 cm³/mol. The average molecular weight is 500 g/mol. The molecule has 0 aliphatic carbocycles. The Balaban J connectivity index is 1.67. The lowest BCUT2D eigenvalue weighted by Gasteiger charge is -2.49. The molecule has 2 atom stereocenters. The van der Waals surface area contributed by atoms with E-state index in [1.165, 1.54) is 29.2 Å². The highest BCUT2D eigenvalue weighted by molar-refractivity contribution is 5.99. The normalized spacial score (nSPS) is 20.2. The van der Waals surface area contributed by atoms with Gasteiger partial charge in [0.05, 0.1) is 5.57 Å². The zero-order valence-corrected chi connectivity index (χ0v) is 19.2. The van der Waals surface area contributed by atoms with Crippen LogP contribution in [0.3, 0.4) is 0 Å². The van der Waals surface area contributed by atoms with Gasteiger partial charge in [-0.2, -0.15) is 5.01 Å². The molecule has 1 saturated heterocycles. The average Bonchev–Trinajstić information content (AvgIpc) is 2.84. The Bertz CT molecular complexity index is 1260. The molecule has 0 bridgehead atoms. The summed E-state index contributed by atoms with van der Waals surface area (Å²) in [4.78, 5) is 27.2. The first-order chi connectivity index (χ1) is 17.1. The molecule has 2 aromatic rings. The molecular weight excluding hydrogens is 477 g/mol. The van der Waals surface area contributed by atoms with E-state index in [2.05, 4.69) is 11.9 Å². The van der Waals surface area contributed by atoms with Crippen molar-refractivity contribution in [1.82, 2.24) is 20.2 Å². The highest BCUT2D eigenvalue weighted by Gasteiger charge is 2.45. The minimum absolute atomic E-state index is 0.236. The summed E-state index contributed by atoms with van der Waals surface area (Å²) in [5.74, 6) is -5.83. The van der Waals surface area contributed by atoms with Gasteiger partial charge in [-0.15, -0.1) is 0 Å². The molecule has 8 nitrogen and oxygen atoms in total. The quantitative estimate of drug-likeness (QED) is 0.528. The Hall–Kier alpha value is -4.09. The molecule has 0 saturated carbocycles. The number of carbonyl (C=O) groups excluding carboxylic acids is 2. The van der Waals surface area contributed by atoms with Crippen LogP contribution in [-0.2, 0) is 22.7 Å². The van der Waals surface area contributed by atoms with Gasteiger partial charge < -0.3 is 20.4 Å². The second-order valence-corrected chi connectivity index (χ2v) is 8.24. The minimum Gasteiger partial charge on any atom is -0.507 e. The van der Waals surface area contributed by atoms with E-state index in [1.54, 1.807) is 5.01 Å². The van der Waals surface area contributed by atoms with E-state index < -0.39 is 59.4 Å². The van der Waals surface area contributed by atoms with Gasteiger partial charge in [-0.05, 0) is 5.56 Å². The number of aliphatic hydroxyl groups is 2. The van der Waals surface area contributed by atoms with Crippen molar-refractivity contribution in [2.24, 2.45) is 0 Å². The largest absolute Gasteiger partial charge is 0.507 e. The summed E-state index contributed by atoms with van der Waals surface area (Å²) >= 11 is 0. The highest BCUT2D eigenvalue weighted by Crippen LogP contribution is 2.34. The van der Waals surface area contributed by atoms with Gasteiger partial charge in [0.25, 0.3) is 11.8 Å². The Morgan fingerprint density at radius 1 is 1.17 bits per heavy atom. The van der Waals surface area contributed by atoms with Crippen LogP contribution < -0.4 is 5.32 Å². The van der Waals surface area contributed by atoms with E-state index in [0.717, 1.165) is 5.56 Å². The van der Waals surface area contributed by atoms with Gasteiger partial charge in [0.15, 0.2) is 11.5 Å². The molecule has 4 rings (SSSR count). The molecule has 2 heterocycles. The second kappa shape index (κ2) is 9.88. The lowest BCUT2D eigenvalue weighted by atomic mass is 10.0. The Morgan fingerprint density at radius 3 is 2.42 bits per heavy atom. The Kier molecular flexibility index (Phi) is 6.86. The topological polar surface area (TPSA) is 96.3 Å². The molecule has 0 radical (unpaired) electrons. The van der Waals surface area contributed by atoms with Crippen LogP contribution >= 0.6 is 0 Å². The number of rotatable bonds is 6. The second-order valence-electron chi connectivity index (χ2n) is 8.24. The van der Waals surface area contributed by atoms with Crippen molar-refractivity contribution in [3.05, 3.63) is 107 Å². The van der Waals surface area contributed by atoms with Gasteiger partial charge in [-0.25, -0.2) is 13.2 Å². The van der Waals surface area contributed by atoms with Crippen molar-refractivity contribution < 1.29 is 33.0 Å². The van der Waals surface area contributed by atoms with Crippen LogP contribution in [0.15, 0.2) is 78.3 Å². The zero-order chi connectivity index (χ0) is 26.1. The summed E-state index contributed by atoms with van der Waals surface area (Å²) in [6, 6.07) is 10.1. The smallest absolute Gasteiger partial charge is 0.276 e. The maximum Gasteiger partial charge on any atom is 0.276 e. The number of nitrogens with one attached hydrogen (secondary N) is 1. The fourth-order valence-electron chi connectivity index (χ4n) is 4.10. The van der Waals surface area contributed by atoms with Crippen LogP contribution in [0.2, 0.25) is 0 Å². The first kappa shape index (κ1) is 25.0. The van der Waals surface area contributed by atoms with Crippen LogP contribution in [0, 0.1) is 17.5 Å². The Morgan fingerprint density at radius 2 is 1.81 bits per heavy atom. The van der Waals surface area contributed by atoms with Gasteiger partial charge in [-0.3, -0.25) is 14.6 Å². The molecule has 2 aliphatic rings. The monoisotopic (exact) mass is 500 g/mol. The molecule has 188 valence electrons. The van der Waals surface area contributed by atoms with Crippen LogP contribution in [0.5, 0.6) is 0 Å². The van der Waals surface area contributed by atoms with Crippen LogP contribution in [0.25, 0.3) is 0 Å². The number of likely N-dealkylation sites (N-methyl/N-ethyl adjacent to an activating group) is 1. The number of halogens is 3. The molecule has 11 heteroatoms. The van der Waals surface area contributed by atoms with E-state index in [9.17, 15) is 33.0 Å². The van der Waals surface area contributed by atoms with Crippen LogP contribution in [-0.4, -0.2) is 56.3 Å². The third kappa shape index (κ3) is 4.45. The summed E-state index contributed by atoms with van der Waals surface area (Å²) in [5.41, 5.74) is -0.370. The summed E-state index contributed by atoms with van der Waals surface area (Å²) in [5, 5.41) is 26.5. The molecule has 3 N–H and O–H groups in total. The van der Waals surface area contributed by atoms with Gasteiger partial charge >= 0.3 is 0 Å². The van der Waals surface area contributed by atoms with E-state index in [-0.39, 0.29) is 17.8 Å². The number of aliphatic hydroxyl groups excluding tert-OH is 2. The maximum atomic E-state index is 14.0. The molecule has 0 spiro atoms. The van der Waals surface area contributed by atoms with Gasteiger partial charge in [0.2, 0.25) is 0 Å². The van der Waals surface area contributed by atoms with E-state index >= 15 is 0 Å². The summed E-state index contributed by atoms with van der Waals surface area (Å²) < 4.78 is 41.1. The minimum atomic E-state index is -1.88. The van der Waals surface area contributed by atoms with Crippen molar-refractivity contribution in [1.29, 1.82) is 0 Å². The third-order valence-electron chi connectivity index (χ3n) is 5.98.